The minimum atomic E-state index is 0.902. The normalized spacial score (nSPS) is 10.7. The highest BCUT2D eigenvalue weighted by Crippen LogP contribution is 2.30. The third-order valence-electron chi connectivity index (χ3n) is 2.85. The van der Waals surface area contributed by atoms with Gasteiger partial charge in [0.05, 0.1) is 10.2 Å². The third-order valence-corrected chi connectivity index (χ3v) is 3.93. The fraction of sp³-hybridized carbons (Fsp3) is 0.0625. The largest absolute Gasteiger partial charge is 0.236 e. The second-order valence-corrected chi connectivity index (χ2v) is 5.21. The molecule has 0 aliphatic carbocycles. The molecule has 1 heterocycles. The topological polar surface area (TPSA) is 12.9 Å². The van der Waals surface area contributed by atoms with Crippen molar-refractivity contribution in [3.63, 3.8) is 0 Å². The van der Waals surface area contributed by atoms with E-state index in [1.165, 1.54) is 15.8 Å². The van der Waals surface area contributed by atoms with Gasteiger partial charge in [0.1, 0.15) is 5.01 Å². The molecular weight excluding hydrogens is 238 g/mol. The fourth-order valence-electron chi connectivity index (χ4n) is 1.99. The lowest BCUT2D eigenvalue weighted by atomic mass is 10.1. The summed E-state index contributed by atoms with van der Waals surface area (Å²) in [5.41, 5.74) is 3.55. The van der Waals surface area contributed by atoms with Crippen molar-refractivity contribution in [3.05, 3.63) is 66.7 Å². The Morgan fingerprint density at radius 2 is 2.00 bits per heavy atom. The SMILES string of the molecule is C=CCc1cccc(-c2nc3ccccc3s2)c1. The van der Waals surface area contributed by atoms with Gasteiger partial charge in [0.15, 0.2) is 0 Å². The van der Waals surface area contributed by atoms with Gasteiger partial charge in [-0.1, -0.05) is 36.4 Å². The average Bonchev–Trinajstić information content (AvgIpc) is 2.83. The average molecular weight is 251 g/mol. The van der Waals surface area contributed by atoms with Gasteiger partial charge in [-0.25, -0.2) is 4.98 Å². The first kappa shape index (κ1) is 11.2. The Balaban J connectivity index is 2.08. The number of para-hydroxylation sites is 1. The molecule has 0 aliphatic rings. The monoisotopic (exact) mass is 251 g/mol. The second kappa shape index (κ2) is 4.75. The summed E-state index contributed by atoms with van der Waals surface area (Å²) < 4.78 is 1.24. The lowest BCUT2D eigenvalue weighted by Gasteiger charge is -1.99. The van der Waals surface area contributed by atoms with E-state index in [1.807, 2.05) is 12.1 Å². The molecule has 0 saturated carbocycles. The standard InChI is InChI=1S/C16H13NS/c1-2-6-12-7-5-8-13(11-12)16-17-14-9-3-4-10-15(14)18-16/h2-5,7-11H,1,6H2. The molecule has 0 amide bonds. The fourth-order valence-corrected chi connectivity index (χ4v) is 2.96. The molecule has 1 nitrogen and oxygen atoms in total. The minimum absolute atomic E-state index is 0.902. The van der Waals surface area contributed by atoms with Crippen molar-refractivity contribution in [2.45, 2.75) is 6.42 Å². The highest BCUT2D eigenvalue weighted by atomic mass is 32.1. The second-order valence-electron chi connectivity index (χ2n) is 4.18. The smallest absolute Gasteiger partial charge is 0.124 e. The molecule has 2 aromatic carbocycles. The van der Waals surface area contributed by atoms with Crippen LogP contribution in [-0.2, 0) is 6.42 Å². The van der Waals surface area contributed by atoms with Crippen LogP contribution in [0, 0.1) is 0 Å². The van der Waals surface area contributed by atoms with Crippen LogP contribution in [0.3, 0.4) is 0 Å². The van der Waals surface area contributed by atoms with Crippen LogP contribution in [0.1, 0.15) is 5.56 Å². The number of benzene rings is 2. The van der Waals surface area contributed by atoms with Gasteiger partial charge < -0.3 is 0 Å². The van der Waals surface area contributed by atoms with E-state index in [2.05, 4.69) is 54.0 Å². The van der Waals surface area contributed by atoms with Gasteiger partial charge in [0.2, 0.25) is 0 Å². The van der Waals surface area contributed by atoms with Crippen LogP contribution in [0.2, 0.25) is 0 Å². The van der Waals surface area contributed by atoms with Crippen molar-refractivity contribution in [2.75, 3.05) is 0 Å². The molecule has 0 atom stereocenters. The van der Waals surface area contributed by atoms with E-state index in [1.54, 1.807) is 11.3 Å². The zero-order valence-electron chi connectivity index (χ0n) is 9.97. The molecule has 0 unspecified atom stereocenters. The summed E-state index contributed by atoms with van der Waals surface area (Å²) in [6, 6.07) is 16.8. The summed E-state index contributed by atoms with van der Waals surface area (Å²) in [4.78, 5) is 4.68. The van der Waals surface area contributed by atoms with Crippen molar-refractivity contribution in [2.24, 2.45) is 0 Å². The molecule has 88 valence electrons. The molecule has 1 aromatic heterocycles. The van der Waals surface area contributed by atoms with Crippen LogP contribution in [-0.4, -0.2) is 4.98 Å². The van der Waals surface area contributed by atoms with E-state index in [4.69, 9.17) is 0 Å². The Morgan fingerprint density at radius 3 is 2.83 bits per heavy atom. The van der Waals surface area contributed by atoms with Crippen molar-refractivity contribution in [1.82, 2.24) is 4.98 Å². The first-order valence-corrected chi connectivity index (χ1v) is 6.74. The highest BCUT2D eigenvalue weighted by molar-refractivity contribution is 7.21. The summed E-state index contributed by atoms with van der Waals surface area (Å²) >= 11 is 1.74. The van der Waals surface area contributed by atoms with Gasteiger partial charge in [0.25, 0.3) is 0 Å². The molecule has 0 fully saturated rings. The molecule has 0 N–H and O–H groups in total. The van der Waals surface area contributed by atoms with Gasteiger partial charge in [-0.3, -0.25) is 0 Å². The van der Waals surface area contributed by atoms with Gasteiger partial charge in [-0.05, 0) is 30.2 Å². The summed E-state index contributed by atoms with van der Waals surface area (Å²) in [6.07, 6.45) is 2.83. The van der Waals surface area contributed by atoms with Gasteiger partial charge >= 0.3 is 0 Å². The predicted molar refractivity (Wildman–Crippen MR) is 79.0 cm³/mol. The van der Waals surface area contributed by atoms with E-state index in [-0.39, 0.29) is 0 Å². The number of nitrogens with zero attached hydrogens (tertiary/aromatic N) is 1. The summed E-state index contributed by atoms with van der Waals surface area (Å²) in [5, 5.41) is 1.09. The number of hydrogen-bond donors (Lipinski definition) is 0. The first-order valence-electron chi connectivity index (χ1n) is 5.92. The van der Waals surface area contributed by atoms with Crippen molar-refractivity contribution < 1.29 is 0 Å². The molecule has 0 bridgehead atoms. The van der Waals surface area contributed by atoms with Gasteiger partial charge in [-0.15, -0.1) is 17.9 Å². The molecule has 2 heteroatoms. The Hall–Kier alpha value is -1.93. The van der Waals surface area contributed by atoms with Crippen LogP contribution >= 0.6 is 11.3 Å². The molecule has 0 saturated heterocycles. The zero-order valence-corrected chi connectivity index (χ0v) is 10.8. The summed E-state index contributed by atoms with van der Waals surface area (Å²) in [6.45, 7) is 3.78. The highest BCUT2D eigenvalue weighted by Gasteiger charge is 2.05. The molecule has 0 radical (unpaired) electrons. The number of hydrogen-bond acceptors (Lipinski definition) is 2. The Labute approximate surface area is 110 Å². The quantitative estimate of drug-likeness (QED) is 0.615. The van der Waals surface area contributed by atoms with Gasteiger partial charge in [0, 0.05) is 5.56 Å². The lowest BCUT2D eigenvalue weighted by Crippen LogP contribution is -1.82. The first-order chi connectivity index (χ1) is 8.86. The number of aromatic nitrogens is 1. The molecule has 18 heavy (non-hydrogen) atoms. The third kappa shape index (κ3) is 2.07. The van der Waals surface area contributed by atoms with Crippen LogP contribution in [0.5, 0.6) is 0 Å². The van der Waals surface area contributed by atoms with Crippen LogP contribution in [0.4, 0.5) is 0 Å². The lowest BCUT2D eigenvalue weighted by molar-refractivity contribution is 1.28. The van der Waals surface area contributed by atoms with E-state index in [0.29, 0.717) is 0 Å². The molecule has 3 rings (SSSR count). The summed E-state index contributed by atoms with van der Waals surface area (Å²) in [7, 11) is 0. The van der Waals surface area contributed by atoms with E-state index < -0.39 is 0 Å². The number of thiazole rings is 1. The van der Waals surface area contributed by atoms with Crippen LogP contribution in [0.25, 0.3) is 20.8 Å². The molecular formula is C16H13NS. The minimum Gasteiger partial charge on any atom is -0.236 e. The van der Waals surface area contributed by atoms with Crippen molar-refractivity contribution in [3.8, 4) is 10.6 Å². The van der Waals surface area contributed by atoms with E-state index >= 15 is 0 Å². The maximum absolute atomic E-state index is 4.68. The zero-order chi connectivity index (χ0) is 12.4. The van der Waals surface area contributed by atoms with Crippen LogP contribution < -0.4 is 0 Å². The molecule has 0 aliphatic heterocycles. The van der Waals surface area contributed by atoms with E-state index in [0.717, 1.165) is 16.9 Å². The van der Waals surface area contributed by atoms with Crippen molar-refractivity contribution in [1.29, 1.82) is 0 Å². The van der Waals surface area contributed by atoms with E-state index in [9.17, 15) is 0 Å². The number of fused-ring (bicyclic) bond motifs is 1. The Bertz CT molecular complexity index is 664. The Kier molecular flexibility index (Phi) is 2.95. The van der Waals surface area contributed by atoms with Gasteiger partial charge in [-0.2, -0.15) is 0 Å². The van der Waals surface area contributed by atoms with Crippen molar-refractivity contribution >= 4 is 21.6 Å². The van der Waals surface area contributed by atoms with Crippen LogP contribution in [0.15, 0.2) is 61.2 Å². The predicted octanol–water partition coefficient (Wildman–Crippen LogP) is 4.69. The number of allylic oxidation sites excluding steroid dienone is 1. The molecule has 3 aromatic rings. The maximum Gasteiger partial charge on any atom is 0.124 e. The maximum atomic E-state index is 4.68. The Morgan fingerprint density at radius 1 is 1.11 bits per heavy atom. The molecule has 0 spiro atoms. The summed E-state index contributed by atoms with van der Waals surface area (Å²) in [5.74, 6) is 0. The number of rotatable bonds is 3.